The van der Waals surface area contributed by atoms with Crippen molar-refractivity contribution in [3.8, 4) is 23.0 Å². The summed E-state index contributed by atoms with van der Waals surface area (Å²) in [6.45, 7) is 0.746. The van der Waals surface area contributed by atoms with Gasteiger partial charge in [-0.3, -0.25) is 4.79 Å². The minimum atomic E-state index is -0.791. The van der Waals surface area contributed by atoms with Gasteiger partial charge in [0.2, 0.25) is 0 Å². The van der Waals surface area contributed by atoms with Crippen molar-refractivity contribution in [1.82, 2.24) is 4.90 Å². The number of methoxy groups -OCH3 is 1. The van der Waals surface area contributed by atoms with E-state index in [2.05, 4.69) is 11.9 Å². The van der Waals surface area contributed by atoms with E-state index in [9.17, 15) is 20.1 Å². The van der Waals surface area contributed by atoms with Gasteiger partial charge < -0.3 is 25.0 Å². The fourth-order valence-electron chi connectivity index (χ4n) is 7.19. The van der Waals surface area contributed by atoms with Gasteiger partial charge >= 0.3 is 0 Å². The van der Waals surface area contributed by atoms with Crippen LogP contribution in [-0.4, -0.2) is 52.7 Å². The van der Waals surface area contributed by atoms with Crippen molar-refractivity contribution in [3.63, 3.8) is 0 Å². The Hall–Kier alpha value is -2.99. The Labute approximate surface area is 174 Å². The second-order valence-electron chi connectivity index (χ2n) is 9.00. The Morgan fingerprint density at radius 2 is 1.87 bits per heavy atom. The average molecular weight is 405 g/mol. The highest BCUT2D eigenvalue weighted by molar-refractivity contribution is 6.03. The summed E-state index contributed by atoms with van der Waals surface area (Å²) in [5.41, 5.74) is 1.32. The Morgan fingerprint density at radius 3 is 2.63 bits per heavy atom. The monoisotopic (exact) mass is 405 g/mol. The normalized spacial score (nSPS) is 33.1. The van der Waals surface area contributed by atoms with E-state index in [1.54, 1.807) is 12.1 Å². The highest BCUT2D eigenvalue weighted by atomic mass is 16.5. The van der Waals surface area contributed by atoms with Gasteiger partial charge in [0.25, 0.3) is 0 Å². The number of benzene rings is 2. The Bertz CT molecular complexity index is 1170. The molecular weight excluding hydrogens is 382 g/mol. The number of nitrogens with zero attached hydrogens (tertiary/aromatic N) is 1. The smallest absolute Gasteiger partial charge is 0.163 e. The van der Waals surface area contributed by atoms with Crippen molar-refractivity contribution in [2.24, 2.45) is 0 Å². The summed E-state index contributed by atoms with van der Waals surface area (Å²) in [5.74, 6) is -0.247. The summed E-state index contributed by atoms with van der Waals surface area (Å²) >= 11 is 0. The van der Waals surface area contributed by atoms with Crippen molar-refractivity contribution in [2.45, 2.75) is 35.6 Å². The molecule has 6 nitrogen and oxygen atoms in total. The van der Waals surface area contributed by atoms with Crippen LogP contribution in [0.4, 0.5) is 0 Å². The number of fused-ring (bicyclic) bond motifs is 3. The zero-order chi connectivity index (χ0) is 21.0. The average Bonchev–Trinajstić information content (AvgIpc) is 2.94. The number of hydrogen-bond acceptors (Lipinski definition) is 6. The topological polar surface area (TPSA) is 90.2 Å². The first kappa shape index (κ1) is 17.8. The molecule has 3 N–H and O–H groups in total. The molecule has 2 aromatic rings. The largest absolute Gasteiger partial charge is 0.508 e. The number of phenolic OH excluding ortho intramolecular Hbond substituents is 3. The van der Waals surface area contributed by atoms with Crippen molar-refractivity contribution in [3.05, 3.63) is 58.7 Å². The number of ether oxygens (including phenoxy) is 1. The molecule has 1 aliphatic heterocycles. The molecule has 6 rings (SSSR count). The molecule has 154 valence electrons. The van der Waals surface area contributed by atoms with E-state index in [1.165, 1.54) is 19.2 Å². The molecule has 0 aromatic heterocycles. The fraction of sp³-hybridized carbons (Fsp3) is 0.375. The van der Waals surface area contributed by atoms with Crippen molar-refractivity contribution >= 4 is 5.78 Å². The number of likely N-dealkylation sites (tertiary alicyclic amines) is 1. The van der Waals surface area contributed by atoms with E-state index >= 15 is 0 Å². The van der Waals surface area contributed by atoms with E-state index < -0.39 is 16.7 Å². The van der Waals surface area contributed by atoms with Crippen LogP contribution in [0, 0.1) is 0 Å². The van der Waals surface area contributed by atoms with Crippen LogP contribution in [0.25, 0.3) is 0 Å². The molecule has 1 heterocycles. The van der Waals surface area contributed by atoms with Crippen LogP contribution in [0.5, 0.6) is 23.0 Å². The lowest BCUT2D eigenvalue weighted by Gasteiger charge is -2.62. The van der Waals surface area contributed by atoms with Crippen LogP contribution < -0.4 is 4.74 Å². The fourth-order valence-corrected chi connectivity index (χ4v) is 7.19. The Kier molecular flexibility index (Phi) is 3.20. The highest BCUT2D eigenvalue weighted by Gasteiger charge is 2.74. The van der Waals surface area contributed by atoms with Crippen LogP contribution in [0.15, 0.2) is 36.4 Å². The molecule has 1 saturated heterocycles. The van der Waals surface area contributed by atoms with E-state index in [1.807, 2.05) is 12.1 Å². The molecule has 3 aliphatic carbocycles. The summed E-state index contributed by atoms with van der Waals surface area (Å²) in [6.07, 6.45) is 4.81. The summed E-state index contributed by atoms with van der Waals surface area (Å²) < 4.78 is 5.42. The van der Waals surface area contributed by atoms with Gasteiger partial charge in [0.05, 0.1) is 13.0 Å². The number of phenols is 3. The summed E-state index contributed by atoms with van der Waals surface area (Å²) in [5, 5.41) is 33.2. The van der Waals surface area contributed by atoms with E-state index in [4.69, 9.17) is 4.74 Å². The molecule has 0 amide bonds. The lowest BCUT2D eigenvalue weighted by atomic mass is 9.44. The van der Waals surface area contributed by atoms with Gasteiger partial charge in [0.1, 0.15) is 11.5 Å². The van der Waals surface area contributed by atoms with Crippen LogP contribution in [0.2, 0.25) is 0 Å². The number of piperidine rings is 1. The van der Waals surface area contributed by atoms with Gasteiger partial charge in [-0.25, -0.2) is 0 Å². The third-order valence-electron chi connectivity index (χ3n) is 8.15. The van der Waals surface area contributed by atoms with Gasteiger partial charge in [-0.2, -0.15) is 0 Å². The second-order valence-corrected chi connectivity index (χ2v) is 9.00. The van der Waals surface area contributed by atoms with Crippen molar-refractivity contribution in [2.75, 3.05) is 20.7 Å². The SMILES string of the molecule is COc1ccc2c(c1O)[C@@]13CCN(C)[C@H](C2)[C@@]12C=CC(=O)[C@@H]3c1c(O)ccc(O)c12. The number of carbonyl (C=O) groups is 1. The molecule has 6 heteroatoms. The highest BCUT2D eigenvalue weighted by Crippen LogP contribution is 2.74. The zero-order valence-electron chi connectivity index (χ0n) is 16.8. The Balaban J connectivity index is 1.83. The molecule has 1 fully saturated rings. The number of ketones is 1. The molecule has 0 radical (unpaired) electrons. The van der Waals surface area contributed by atoms with E-state index in [0.29, 0.717) is 29.7 Å². The van der Waals surface area contributed by atoms with E-state index in [-0.39, 0.29) is 29.1 Å². The van der Waals surface area contributed by atoms with Gasteiger partial charge in [-0.1, -0.05) is 12.1 Å². The number of aromatic hydroxyl groups is 3. The summed E-state index contributed by atoms with van der Waals surface area (Å²) in [6, 6.07) is 6.69. The molecule has 4 aliphatic rings. The lowest BCUT2D eigenvalue weighted by Crippen LogP contribution is -2.68. The van der Waals surface area contributed by atoms with Gasteiger partial charge in [-0.15, -0.1) is 0 Å². The molecule has 2 aromatic carbocycles. The molecule has 0 unspecified atom stereocenters. The van der Waals surface area contributed by atoms with Gasteiger partial charge in [-0.05, 0) is 56.3 Å². The quantitative estimate of drug-likeness (QED) is 0.632. The third kappa shape index (κ3) is 1.63. The van der Waals surface area contributed by atoms with Crippen LogP contribution in [0.1, 0.15) is 34.6 Å². The van der Waals surface area contributed by atoms with Crippen LogP contribution >= 0.6 is 0 Å². The number of hydrogen-bond donors (Lipinski definition) is 3. The minimum absolute atomic E-state index is 0.0187. The summed E-state index contributed by atoms with van der Waals surface area (Å²) in [4.78, 5) is 15.7. The molecule has 4 bridgehead atoms. The molecule has 0 saturated carbocycles. The Morgan fingerprint density at radius 1 is 1.10 bits per heavy atom. The molecule has 30 heavy (non-hydrogen) atoms. The second kappa shape index (κ2) is 5.38. The predicted molar refractivity (Wildman–Crippen MR) is 109 cm³/mol. The molecule has 0 spiro atoms. The minimum Gasteiger partial charge on any atom is -0.508 e. The molecule has 4 atom stereocenters. The van der Waals surface area contributed by atoms with Gasteiger partial charge in [0, 0.05) is 33.6 Å². The first-order valence-corrected chi connectivity index (χ1v) is 10.3. The number of allylic oxidation sites excluding steroid dienone is 1. The number of likely N-dealkylation sites (N-methyl/N-ethyl adjacent to an activating group) is 1. The standard InChI is InChI=1S/C24H23NO5/c1-25-10-9-24-19-12(3-6-16(30-2)22(19)29)11-17(25)23(24)8-7-15(28)21(24)18-13(26)4-5-14(27)20(18)23/h3-8,17,21,26-27,29H,9-11H2,1-2H3/t17-,21-,23-,24-/m1/s1. The maximum absolute atomic E-state index is 13.4. The van der Waals surface area contributed by atoms with Crippen LogP contribution in [-0.2, 0) is 22.0 Å². The third-order valence-corrected chi connectivity index (χ3v) is 8.15. The predicted octanol–water partition coefficient (Wildman–Crippen LogP) is 2.48. The number of rotatable bonds is 1. The van der Waals surface area contributed by atoms with E-state index in [0.717, 1.165) is 17.7 Å². The zero-order valence-corrected chi connectivity index (χ0v) is 16.8. The van der Waals surface area contributed by atoms with Gasteiger partial charge in [0.15, 0.2) is 17.3 Å². The molecular formula is C24H23NO5. The maximum Gasteiger partial charge on any atom is 0.163 e. The summed E-state index contributed by atoms with van der Waals surface area (Å²) in [7, 11) is 3.58. The first-order valence-electron chi connectivity index (χ1n) is 10.3. The maximum atomic E-state index is 13.4. The van der Waals surface area contributed by atoms with Crippen molar-refractivity contribution in [1.29, 1.82) is 0 Å². The van der Waals surface area contributed by atoms with Crippen molar-refractivity contribution < 1.29 is 24.9 Å². The number of carbonyl (C=O) groups excluding carboxylic acids is 1. The first-order chi connectivity index (χ1) is 14.4. The van der Waals surface area contributed by atoms with Crippen LogP contribution in [0.3, 0.4) is 0 Å². The lowest BCUT2D eigenvalue weighted by molar-refractivity contribution is -0.120.